The van der Waals surface area contributed by atoms with E-state index in [9.17, 15) is 9.59 Å². The number of nitrogens with zero attached hydrogens (tertiary/aromatic N) is 1. The summed E-state index contributed by atoms with van der Waals surface area (Å²) in [5.41, 5.74) is 4.77. The van der Waals surface area contributed by atoms with Gasteiger partial charge in [-0.2, -0.15) is 0 Å². The van der Waals surface area contributed by atoms with Crippen molar-refractivity contribution >= 4 is 18.0 Å². The molecule has 0 radical (unpaired) electrons. The summed E-state index contributed by atoms with van der Waals surface area (Å²) in [5, 5.41) is 9.03. The lowest BCUT2D eigenvalue weighted by molar-refractivity contribution is -0.131. The van der Waals surface area contributed by atoms with E-state index in [1.807, 2.05) is 73.8 Å². The van der Waals surface area contributed by atoms with Crippen LogP contribution in [0.15, 0.2) is 84.9 Å². The van der Waals surface area contributed by atoms with Crippen LogP contribution in [-0.4, -0.2) is 35.5 Å². The third-order valence-corrected chi connectivity index (χ3v) is 4.97. The predicted octanol–water partition coefficient (Wildman–Crippen LogP) is 4.70. The molecule has 0 atom stereocenters. The van der Waals surface area contributed by atoms with E-state index in [0.717, 1.165) is 34.8 Å². The Bertz CT molecular complexity index is 1030. The van der Waals surface area contributed by atoms with Crippen LogP contribution in [-0.2, 0) is 22.4 Å². The summed E-state index contributed by atoms with van der Waals surface area (Å²) < 4.78 is 0. The first-order chi connectivity index (χ1) is 14.5. The summed E-state index contributed by atoms with van der Waals surface area (Å²) in [6, 6.07) is 25.7. The van der Waals surface area contributed by atoms with Crippen LogP contribution in [0.25, 0.3) is 17.2 Å². The van der Waals surface area contributed by atoms with Gasteiger partial charge in [0.15, 0.2) is 0 Å². The van der Waals surface area contributed by atoms with E-state index in [0.29, 0.717) is 6.54 Å². The molecular weight excluding hydrogens is 374 g/mol. The molecule has 0 saturated heterocycles. The van der Waals surface area contributed by atoms with Crippen LogP contribution in [0.2, 0.25) is 0 Å². The molecule has 0 aliphatic carbocycles. The van der Waals surface area contributed by atoms with Gasteiger partial charge in [0.1, 0.15) is 0 Å². The van der Waals surface area contributed by atoms with Gasteiger partial charge >= 0.3 is 5.97 Å². The highest BCUT2D eigenvalue weighted by Gasteiger charge is 2.12. The number of amides is 1. The summed E-state index contributed by atoms with van der Waals surface area (Å²) in [4.78, 5) is 25.4. The summed E-state index contributed by atoms with van der Waals surface area (Å²) in [6.07, 6.45) is 3.79. The van der Waals surface area contributed by atoms with Gasteiger partial charge in [0.05, 0.1) is 6.42 Å². The molecule has 1 N–H and O–H groups in total. The smallest absolute Gasteiger partial charge is 0.328 e. The average Bonchev–Trinajstić information content (AvgIpc) is 2.77. The molecule has 3 aromatic rings. The molecule has 1 amide bonds. The first-order valence-corrected chi connectivity index (χ1v) is 9.90. The molecule has 4 nitrogen and oxygen atoms in total. The van der Waals surface area contributed by atoms with Gasteiger partial charge in [0.2, 0.25) is 5.91 Å². The molecule has 0 fully saturated rings. The molecule has 0 spiro atoms. The molecule has 0 unspecified atom stereocenters. The SMILES string of the molecule is CN(CCc1ccccc1)C(=O)Cc1ccc(-c2ccccc2)c(C=CC(=O)O)c1. The number of carboxylic acid groups (broad SMARTS) is 1. The first kappa shape index (κ1) is 21.1. The number of aliphatic carboxylic acids is 1. The van der Waals surface area contributed by atoms with Crippen molar-refractivity contribution < 1.29 is 14.7 Å². The van der Waals surface area contributed by atoms with Crippen LogP contribution in [0.4, 0.5) is 0 Å². The van der Waals surface area contributed by atoms with Crippen LogP contribution in [0.5, 0.6) is 0 Å². The summed E-state index contributed by atoms with van der Waals surface area (Å²) in [6.45, 7) is 0.650. The minimum absolute atomic E-state index is 0.0338. The van der Waals surface area contributed by atoms with Crippen molar-refractivity contribution in [3.8, 4) is 11.1 Å². The van der Waals surface area contributed by atoms with Gasteiger partial charge in [-0.15, -0.1) is 0 Å². The second-order valence-electron chi connectivity index (χ2n) is 7.19. The van der Waals surface area contributed by atoms with Gasteiger partial charge in [0.25, 0.3) is 0 Å². The molecule has 0 aromatic heterocycles. The molecule has 0 aliphatic rings. The summed E-state index contributed by atoms with van der Waals surface area (Å²) in [7, 11) is 1.81. The second-order valence-corrected chi connectivity index (χ2v) is 7.19. The Labute approximate surface area is 177 Å². The lowest BCUT2D eigenvalue weighted by atomic mass is 9.96. The van der Waals surface area contributed by atoms with Crippen molar-refractivity contribution in [2.24, 2.45) is 0 Å². The largest absolute Gasteiger partial charge is 0.478 e. The molecule has 0 aliphatic heterocycles. The zero-order chi connectivity index (χ0) is 21.3. The normalized spacial score (nSPS) is 10.8. The summed E-state index contributed by atoms with van der Waals surface area (Å²) >= 11 is 0. The standard InChI is InChI=1S/C26H25NO3/c1-27(17-16-20-8-4-2-5-9-20)25(28)19-21-12-14-24(22-10-6-3-7-11-22)23(18-21)13-15-26(29)30/h2-15,18H,16-17,19H2,1H3,(H,29,30). The lowest BCUT2D eigenvalue weighted by Gasteiger charge is -2.18. The Kier molecular flexibility index (Phi) is 7.17. The van der Waals surface area contributed by atoms with Gasteiger partial charge in [-0.25, -0.2) is 4.79 Å². The van der Waals surface area contributed by atoms with Gasteiger partial charge in [0, 0.05) is 19.7 Å². The van der Waals surface area contributed by atoms with E-state index in [4.69, 9.17) is 5.11 Å². The van der Waals surface area contributed by atoms with E-state index < -0.39 is 5.97 Å². The third kappa shape index (κ3) is 5.92. The highest BCUT2D eigenvalue weighted by atomic mass is 16.4. The van der Waals surface area contributed by atoms with Gasteiger partial charge in [-0.05, 0) is 40.3 Å². The monoisotopic (exact) mass is 399 g/mol. The van der Waals surface area contributed by atoms with Crippen LogP contribution >= 0.6 is 0 Å². The number of likely N-dealkylation sites (N-methyl/N-ethyl adjacent to an activating group) is 1. The maximum atomic E-state index is 12.7. The highest BCUT2D eigenvalue weighted by molar-refractivity contribution is 5.88. The molecule has 30 heavy (non-hydrogen) atoms. The quantitative estimate of drug-likeness (QED) is 0.559. The second kappa shape index (κ2) is 10.2. The number of benzene rings is 3. The fourth-order valence-electron chi connectivity index (χ4n) is 3.28. The minimum Gasteiger partial charge on any atom is -0.478 e. The number of carbonyl (C=O) groups is 2. The molecule has 3 aromatic carbocycles. The Hall–Kier alpha value is -3.66. The van der Waals surface area contributed by atoms with E-state index in [2.05, 4.69) is 12.1 Å². The summed E-state index contributed by atoms with van der Waals surface area (Å²) in [5.74, 6) is -0.970. The van der Waals surface area contributed by atoms with Crippen LogP contribution in [0.1, 0.15) is 16.7 Å². The van der Waals surface area contributed by atoms with E-state index in [-0.39, 0.29) is 12.3 Å². The molecule has 4 heteroatoms. The van der Waals surface area contributed by atoms with Gasteiger partial charge in [-0.1, -0.05) is 78.9 Å². The molecule has 152 valence electrons. The molecule has 0 saturated carbocycles. The van der Waals surface area contributed by atoms with Crippen LogP contribution in [0, 0.1) is 0 Å². The fraction of sp³-hybridized carbons (Fsp3) is 0.154. The number of carboxylic acids is 1. The maximum absolute atomic E-state index is 12.7. The predicted molar refractivity (Wildman–Crippen MR) is 120 cm³/mol. The van der Waals surface area contributed by atoms with Gasteiger partial charge < -0.3 is 10.0 Å². The Balaban J connectivity index is 1.74. The topological polar surface area (TPSA) is 57.6 Å². The molecule has 0 bridgehead atoms. The zero-order valence-electron chi connectivity index (χ0n) is 17.0. The molecule has 0 heterocycles. The molecular formula is C26H25NO3. The highest BCUT2D eigenvalue weighted by Crippen LogP contribution is 2.26. The minimum atomic E-state index is -1.00. The molecule has 3 rings (SSSR count). The van der Waals surface area contributed by atoms with Crippen molar-refractivity contribution in [1.29, 1.82) is 0 Å². The lowest BCUT2D eigenvalue weighted by Crippen LogP contribution is -2.30. The Morgan fingerprint density at radius 2 is 1.57 bits per heavy atom. The van der Waals surface area contributed by atoms with Crippen molar-refractivity contribution in [1.82, 2.24) is 4.90 Å². The number of rotatable bonds is 8. The number of hydrogen-bond donors (Lipinski definition) is 1. The van der Waals surface area contributed by atoms with Crippen molar-refractivity contribution in [3.63, 3.8) is 0 Å². The van der Waals surface area contributed by atoms with Crippen LogP contribution < -0.4 is 0 Å². The van der Waals surface area contributed by atoms with E-state index in [1.165, 1.54) is 5.56 Å². The first-order valence-electron chi connectivity index (χ1n) is 9.90. The van der Waals surface area contributed by atoms with Crippen LogP contribution in [0.3, 0.4) is 0 Å². The maximum Gasteiger partial charge on any atom is 0.328 e. The fourth-order valence-corrected chi connectivity index (χ4v) is 3.28. The van der Waals surface area contributed by atoms with Crippen molar-refractivity contribution in [3.05, 3.63) is 102 Å². The average molecular weight is 399 g/mol. The third-order valence-electron chi connectivity index (χ3n) is 4.97. The number of hydrogen-bond acceptors (Lipinski definition) is 2. The van der Waals surface area contributed by atoms with E-state index >= 15 is 0 Å². The Morgan fingerprint density at radius 1 is 0.900 bits per heavy atom. The van der Waals surface area contributed by atoms with Crippen molar-refractivity contribution in [2.45, 2.75) is 12.8 Å². The van der Waals surface area contributed by atoms with Crippen molar-refractivity contribution in [2.75, 3.05) is 13.6 Å². The van der Waals surface area contributed by atoms with E-state index in [1.54, 1.807) is 11.0 Å². The van der Waals surface area contributed by atoms with Gasteiger partial charge in [-0.3, -0.25) is 4.79 Å². The number of carbonyl (C=O) groups excluding carboxylic acids is 1. The zero-order valence-corrected chi connectivity index (χ0v) is 17.0. The Morgan fingerprint density at radius 3 is 2.23 bits per heavy atom.